The molecule has 0 aromatic carbocycles. The zero-order valence-corrected chi connectivity index (χ0v) is 8.59. The predicted octanol–water partition coefficient (Wildman–Crippen LogP) is 0.859. The molecule has 1 aliphatic carbocycles. The lowest BCUT2D eigenvalue weighted by atomic mass is 10.1. The molecule has 0 saturated carbocycles. The normalized spacial score (nSPS) is 23.3. The molecule has 1 unspecified atom stereocenters. The van der Waals surface area contributed by atoms with E-state index < -0.39 is 9.84 Å². The summed E-state index contributed by atoms with van der Waals surface area (Å²) in [5.74, 6) is 0.235. The summed E-state index contributed by atoms with van der Waals surface area (Å²) >= 11 is 0. The minimum Gasteiger partial charge on any atom is -0.330 e. The molecule has 0 radical (unpaired) electrons. The fourth-order valence-corrected chi connectivity index (χ4v) is 3.26. The third-order valence-corrected chi connectivity index (χ3v) is 4.48. The first-order valence-corrected chi connectivity index (χ1v) is 6.46. The van der Waals surface area contributed by atoms with Gasteiger partial charge < -0.3 is 5.73 Å². The number of hydrogen-bond donors (Lipinski definition) is 1. The van der Waals surface area contributed by atoms with Crippen LogP contribution in [0.25, 0.3) is 0 Å². The Hall–Kier alpha value is -0.350. The van der Waals surface area contributed by atoms with E-state index in [1.54, 1.807) is 0 Å². The number of nitrogens with two attached hydrogens (primary N) is 1. The summed E-state index contributed by atoms with van der Waals surface area (Å²) in [4.78, 5) is 0. The Labute approximate surface area is 79.9 Å². The van der Waals surface area contributed by atoms with Crippen molar-refractivity contribution in [1.29, 1.82) is 0 Å². The van der Waals surface area contributed by atoms with Crippen LogP contribution in [0.3, 0.4) is 0 Å². The molecule has 3 nitrogen and oxygen atoms in total. The van der Waals surface area contributed by atoms with Gasteiger partial charge in [0.05, 0.1) is 11.0 Å². The van der Waals surface area contributed by atoms with Crippen LogP contribution < -0.4 is 5.73 Å². The van der Waals surface area contributed by atoms with Crippen molar-refractivity contribution in [1.82, 2.24) is 0 Å². The van der Waals surface area contributed by atoms with E-state index in [0.717, 1.165) is 19.3 Å². The average Bonchev–Trinajstić information content (AvgIpc) is 2.16. The van der Waals surface area contributed by atoms with Gasteiger partial charge in [-0.05, 0) is 32.2 Å². The fourth-order valence-electron chi connectivity index (χ4n) is 1.52. The van der Waals surface area contributed by atoms with Crippen LogP contribution in [0.1, 0.15) is 25.7 Å². The first kappa shape index (κ1) is 10.7. The van der Waals surface area contributed by atoms with E-state index in [2.05, 4.69) is 0 Å². The highest BCUT2D eigenvalue weighted by Crippen LogP contribution is 2.18. The molecule has 1 atom stereocenters. The molecule has 4 heteroatoms. The summed E-state index contributed by atoms with van der Waals surface area (Å²) in [7, 11) is -2.91. The van der Waals surface area contributed by atoms with Crippen LogP contribution in [0.5, 0.6) is 0 Å². The van der Waals surface area contributed by atoms with Gasteiger partial charge in [-0.25, -0.2) is 8.42 Å². The molecule has 1 aliphatic rings. The molecule has 0 aromatic heterocycles. The molecule has 0 heterocycles. The molecule has 0 bridgehead atoms. The van der Waals surface area contributed by atoms with E-state index in [1.165, 1.54) is 0 Å². The van der Waals surface area contributed by atoms with Crippen molar-refractivity contribution in [3.05, 3.63) is 12.2 Å². The quantitative estimate of drug-likeness (QED) is 0.689. The fraction of sp³-hybridized carbons (Fsp3) is 0.778. The minimum absolute atomic E-state index is 0.235. The highest BCUT2D eigenvalue weighted by molar-refractivity contribution is 7.92. The topological polar surface area (TPSA) is 60.2 Å². The number of allylic oxidation sites excluding steroid dienone is 1. The average molecular weight is 203 g/mol. The Bertz CT molecular complexity index is 269. The third kappa shape index (κ3) is 3.12. The lowest BCUT2D eigenvalue weighted by molar-refractivity contribution is 0.575. The Balaban J connectivity index is 2.57. The van der Waals surface area contributed by atoms with Crippen molar-refractivity contribution in [3.8, 4) is 0 Å². The second-order valence-electron chi connectivity index (χ2n) is 3.41. The second-order valence-corrected chi connectivity index (χ2v) is 5.75. The van der Waals surface area contributed by atoms with E-state index in [-0.39, 0.29) is 11.0 Å². The first-order chi connectivity index (χ1) is 6.17. The molecular formula is C9H17NO2S. The SMILES string of the molecule is NCCCS(=O)(=O)C1C=CCCC1. The Kier molecular flexibility index (Phi) is 3.93. The molecule has 0 aliphatic heterocycles. The molecule has 0 aromatic rings. The van der Waals surface area contributed by atoms with Crippen LogP contribution in [-0.4, -0.2) is 26.0 Å². The van der Waals surface area contributed by atoms with E-state index in [9.17, 15) is 8.42 Å². The largest absolute Gasteiger partial charge is 0.330 e. The van der Waals surface area contributed by atoms with Crippen LogP contribution >= 0.6 is 0 Å². The van der Waals surface area contributed by atoms with Gasteiger partial charge in [-0.15, -0.1) is 0 Å². The lowest BCUT2D eigenvalue weighted by Gasteiger charge is -2.16. The summed E-state index contributed by atoms with van der Waals surface area (Å²) in [6, 6.07) is 0. The molecule has 2 N–H and O–H groups in total. The zero-order chi connectivity index (χ0) is 9.73. The van der Waals surface area contributed by atoms with Crippen LogP contribution in [0, 0.1) is 0 Å². The predicted molar refractivity (Wildman–Crippen MR) is 54.2 cm³/mol. The summed E-state index contributed by atoms with van der Waals surface area (Å²) < 4.78 is 23.3. The van der Waals surface area contributed by atoms with Gasteiger partial charge in [0.25, 0.3) is 0 Å². The molecule has 13 heavy (non-hydrogen) atoms. The van der Waals surface area contributed by atoms with Crippen LogP contribution in [-0.2, 0) is 9.84 Å². The molecular weight excluding hydrogens is 186 g/mol. The molecule has 0 amide bonds. The van der Waals surface area contributed by atoms with Gasteiger partial charge in [-0.1, -0.05) is 12.2 Å². The third-order valence-electron chi connectivity index (χ3n) is 2.30. The molecule has 1 rings (SSSR count). The monoisotopic (exact) mass is 203 g/mol. The van der Waals surface area contributed by atoms with Crippen molar-refractivity contribution >= 4 is 9.84 Å². The van der Waals surface area contributed by atoms with Gasteiger partial charge in [0.15, 0.2) is 9.84 Å². The van der Waals surface area contributed by atoms with E-state index in [1.807, 2.05) is 12.2 Å². The van der Waals surface area contributed by atoms with Gasteiger partial charge in [0.1, 0.15) is 0 Å². The maximum absolute atomic E-state index is 11.6. The summed E-state index contributed by atoms with van der Waals surface area (Å²) in [6.45, 7) is 0.454. The van der Waals surface area contributed by atoms with Crippen molar-refractivity contribution in [2.24, 2.45) is 5.73 Å². The summed E-state index contributed by atoms with van der Waals surface area (Å²) in [5, 5.41) is -0.243. The number of rotatable bonds is 4. The van der Waals surface area contributed by atoms with Gasteiger partial charge in [-0.2, -0.15) is 0 Å². The molecule has 76 valence electrons. The summed E-state index contributed by atoms with van der Waals surface area (Å²) in [5.41, 5.74) is 5.28. The zero-order valence-electron chi connectivity index (χ0n) is 7.78. The van der Waals surface area contributed by atoms with Crippen molar-refractivity contribution < 1.29 is 8.42 Å². The standard InChI is InChI=1S/C9H17NO2S/c10-7-4-8-13(11,12)9-5-2-1-3-6-9/h2,5,9H,1,3-4,6-8,10H2. The maximum atomic E-state index is 11.6. The number of sulfone groups is 1. The van der Waals surface area contributed by atoms with Crippen molar-refractivity contribution in [2.45, 2.75) is 30.9 Å². The Morgan fingerprint density at radius 3 is 2.77 bits per heavy atom. The van der Waals surface area contributed by atoms with Gasteiger partial charge >= 0.3 is 0 Å². The lowest BCUT2D eigenvalue weighted by Crippen LogP contribution is -2.24. The highest BCUT2D eigenvalue weighted by Gasteiger charge is 2.23. The molecule has 0 saturated heterocycles. The smallest absolute Gasteiger partial charge is 0.156 e. The van der Waals surface area contributed by atoms with Crippen LogP contribution in [0.4, 0.5) is 0 Å². The van der Waals surface area contributed by atoms with Crippen LogP contribution in [0.15, 0.2) is 12.2 Å². The second kappa shape index (κ2) is 4.77. The first-order valence-electron chi connectivity index (χ1n) is 4.75. The number of hydrogen-bond acceptors (Lipinski definition) is 3. The van der Waals surface area contributed by atoms with Gasteiger partial charge in [0.2, 0.25) is 0 Å². The van der Waals surface area contributed by atoms with Crippen molar-refractivity contribution in [2.75, 3.05) is 12.3 Å². The minimum atomic E-state index is -2.91. The molecule has 0 fully saturated rings. The van der Waals surface area contributed by atoms with Gasteiger partial charge in [0, 0.05) is 0 Å². The van der Waals surface area contributed by atoms with E-state index in [0.29, 0.717) is 13.0 Å². The maximum Gasteiger partial charge on any atom is 0.156 e. The highest BCUT2D eigenvalue weighted by atomic mass is 32.2. The Morgan fingerprint density at radius 1 is 1.46 bits per heavy atom. The Morgan fingerprint density at radius 2 is 2.23 bits per heavy atom. The summed E-state index contributed by atoms with van der Waals surface area (Å²) in [6.07, 6.45) is 7.16. The van der Waals surface area contributed by atoms with Crippen LogP contribution in [0.2, 0.25) is 0 Å². The van der Waals surface area contributed by atoms with Gasteiger partial charge in [-0.3, -0.25) is 0 Å². The van der Waals surface area contributed by atoms with Crippen molar-refractivity contribution in [3.63, 3.8) is 0 Å². The molecule has 0 spiro atoms. The van der Waals surface area contributed by atoms with E-state index in [4.69, 9.17) is 5.73 Å². The van der Waals surface area contributed by atoms with E-state index >= 15 is 0 Å².